The first-order valence-electron chi connectivity index (χ1n) is 8.72. The number of ether oxygens (including phenoxy) is 4. The molecule has 1 heterocycles. The molecule has 0 spiro atoms. The highest BCUT2D eigenvalue weighted by Gasteiger charge is 2.24. The van der Waals surface area contributed by atoms with Crippen molar-refractivity contribution < 1.29 is 18.9 Å². The van der Waals surface area contributed by atoms with Gasteiger partial charge in [0.2, 0.25) is 0 Å². The van der Waals surface area contributed by atoms with E-state index in [0.29, 0.717) is 24.9 Å². The third-order valence-corrected chi connectivity index (χ3v) is 4.42. The lowest BCUT2D eigenvalue weighted by Gasteiger charge is -2.19. The molecule has 1 saturated heterocycles. The van der Waals surface area contributed by atoms with Crippen LogP contribution in [-0.4, -0.2) is 51.8 Å². The molecular weight excluding hydrogens is 268 g/mol. The summed E-state index contributed by atoms with van der Waals surface area (Å²) in [5.74, 6) is 0. The van der Waals surface area contributed by atoms with Crippen molar-refractivity contribution in [3.05, 3.63) is 0 Å². The van der Waals surface area contributed by atoms with Gasteiger partial charge in [-0.05, 0) is 32.1 Å². The standard InChI is InChI=1S/C17H32O4/c1-18-11-12-19-15-7-4-2-3-5-8-16(10-6-9-15)20-13-17-14-21-17/h15-17H,2-14H2,1H3. The maximum atomic E-state index is 6.03. The smallest absolute Gasteiger partial charge is 0.104 e. The molecule has 0 aromatic rings. The van der Waals surface area contributed by atoms with E-state index in [4.69, 9.17) is 18.9 Å². The molecule has 0 N–H and O–H groups in total. The molecule has 4 nitrogen and oxygen atoms in total. The first kappa shape index (κ1) is 17.2. The Morgan fingerprint density at radius 1 is 0.810 bits per heavy atom. The van der Waals surface area contributed by atoms with Gasteiger partial charge in [-0.2, -0.15) is 0 Å². The summed E-state index contributed by atoms with van der Waals surface area (Å²) in [6.45, 7) is 3.10. The third kappa shape index (κ3) is 8.15. The van der Waals surface area contributed by atoms with Crippen molar-refractivity contribution in [2.24, 2.45) is 0 Å². The second-order valence-corrected chi connectivity index (χ2v) is 6.32. The Balaban J connectivity index is 1.68. The maximum Gasteiger partial charge on any atom is 0.104 e. The molecule has 0 bridgehead atoms. The van der Waals surface area contributed by atoms with E-state index in [-0.39, 0.29) is 0 Å². The summed E-state index contributed by atoms with van der Waals surface area (Å²) in [5.41, 5.74) is 0. The highest BCUT2D eigenvalue weighted by Crippen LogP contribution is 2.22. The molecule has 0 radical (unpaired) electrons. The predicted octanol–water partition coefficient (Wildman–Crippen LogP) is 3.33. The Hall–Kier alpha value is -0.160. The van der Waals surface area contributed by atoms with Crippen LogP contribution in [0.1, 0.15) is 57.8 Å². The molecule has 1 aliphatic heterocycles. The molecule has 2 fully saturated rings. The Labute approximate surface area is 129 Å². The van der Waals surface area contributed by atoms with Crippen LogP contribution in [0.2, 0.25) is 0 Å². The quantitative estimate of drug-likeness (QED) is 0.534. The number of hydrogen-bond acceptors (Lipinski definition) is 4. The summed E-state index contributed by atoms with van der Waals surface area (Å²) in [4.78, 5) is 0. The van der Waals surface area contributed by atoms with Crippen LogP contribution in [0.25, 0.3) is 0 Å². The molecule has 0 aromatic carbocycles. The monoisotopic (exact) mass is 300 g/mol. The number of rotatable bonds is 7. The fourth-order valence-corrected chi connectivity index (χ4v) is 3.00. The predicted molar refractivity (Wildman–Crippen MR) is 82.6 cm³/mol. The molecule has 124 valence electrons. The van der Waals surface area contributed by atoms with Crippen LogP contribution in [0.3, 0.4) is 0 Å². The summed E-state index contributed by atoms with van der Waals surface area (Å²) < 4.78 is 22.3. The summed E-state index contributed by atoms with van der Waals surface area (Å²) in [7, 11) is 1.73. The van der Waals surface area contributed by atoms with Crippen molar-refractivity contribution in [2.45, 2.75) is 76.1 Å². The van der Waals surface area contributed by atoms with E-state index in [2.05, 4.69) is 0 Å². The molecule has 1 aliphatic carbocycles. The van der Waals surface area contributed by atoms with Gasteiger partial charge in [-0.3, -0.25) is 0 Å². The number of epoxide rings is 1. The van der Waals surface area contributed by atoms with Gasteiger partial charge in [-0.15, -0.1) is 0 Å². The minimum Gasteiger partial charge on any atom is -0.382 e. The Bertz CT molecular complexity index is 255. The van der Waals surface area contributed by atoms with Crippen LogP contribution in [0.4, 0.5) is 0 Å². The topological polar surface area (TPSA) is 40.2 Å². The van der Waals surface area contributed by atoms with Gasteiger partial charge < -0.3 is 18.9 Å². The number of methoxy groups -OCH3 is 1. The first-order valence-corrected chi connectivity index (χ1v) is 8.72. The van der Waals surface area contributed by atoms with Crippen molar-refractivity contribution in [3.8, 4) is 0 Å². The van der Waals surface area contributed by atoms with Gasteiger partial charge in [0.25, 0.3) is 0 Å². The maximum absolute atomic E-state index is 6.03. The second kappa shape index (κ2) is 10.5. The molecule has 4 heteroatoms. The fraction of sp³-hybridized carbons (Fsp3) is 1.00. The van der Waals surface area contributed by atoms with Gasteiger partial charge in [0.1, 0.15) is 6.10 Å². The van der Waals surface area contributed by atoms with Crippen LogP contribution in [0.5, 0.6) is 0 Å². The summed E-state index contributed by atoms with van der Waals surface area (Å²) in [6, 6.07) is 0. The lowest BCUT2D eigenvalue weighted by molar-refractivity contribution is 0.00102. The normalized spacial score (nSPS) is 31.6. The molecule has 21 heavy (non-hydrogen) atoms. The zero-order chi connectivity index (χ0) is 14.8. The largest absolute Gasteiger partial charge is 0.382 e. The van der Waals surface area contributed by atoms with Crippen LogP contribution < -0.4 is 0 Å². The van der Waals surface area contributed by atoms with E-state index in [1.54, 1.807) is 7.11 Å². The lowest BCUT2D eigenvalue weighted by Crippen LogP contribution is -2.19. The van der Waals surface area contributed by atoms with Crippen molar-refractivity contribution in [1.82, 2.24) is 0 Å². The summed E-state index contributed by atoms with van der Waals surface area (Å²) >= 11 is 0. The van der Waals surface area contributed by atoms with Crippen molar-refractivity contribution >= 4 is 0 Å². The average Bonchev–Trinajstić information content (AvgIpc) is 3.30. The van der Waals surface area contributed by atoms with Gasteiger partial charge in [-0.1, -0.05) is 25.7 Å². The molecule has 1 saturated carbocycles. The molecule has 0 aromatic heterocycles. The van der Waals surface area contributed by atoms with Crippen LogP contribution >= 0.6 is 0 Å². The minimum absolute atomic E-state index is 0.383. The SMILES string of the molecule is COCCOC1CCCCCCC(OCC2CO2)CCC1. The average molecular weight is 300 g/mol. The van der Waals surface area contributed by atoms with Crippen LogP contribution in [0, 0.1) is 0 Å². The van der Waals surface area contributed by atoms with Gasteiger partial charge in [0, 0.05) is 7.11 Å². The molecule has 0 amide bonds. The minimum atomic E-state index is 0.383. The van der Waals surface area contributed by atoms with Gasteiger partial charge in [0.05, 0.1) is 38.6 Å². The highest BCUT2D eigenvalue weighted by atomic mass is 16.6. The van der Waals surface area contributed by atoms with E-state index in [1.165, 1.54) is 44.9 Å². The lowest BCUT2D eigenvalue weighted by atomic mass is 10.0. The Morgan fingerprint density at radius 3 is 2.05 bits per heavy atom. The highest BCUT2D eigenvalue weighted by molar-refractivity contribution is 4.71. The first-order chi connectivity index (χ1) is 10.4. The molecule has 2 aliphatic rings. The van der Waals surface area contributed by atoms with E-state index >= 15 is 0 Å². The molecule has 3 unspecified atom stereocenters. The third-order valence-electron chi connectivity index (χ3n) is 4.42. The molecular formula is C17H32O4. The van der Waals surface area contributed by atoms with Gasteiger partial charge in [-0.25, -0.2) is 0 Å². The van der Waals surface area contributed by atoms with Crippen molar-refractivity contribution in [2.75, 3.05) is 33.5 Å². The Kier molecular flexibility index (Phi) is 8.64. The fourth-order valence-electron chi connectivity index (χ4n) is 3.00. The van der Waals surface area contributed by atoms with Crippen molar-refractivity contribution in [3.63, 3.8) is 0 Å². The number of hydrogen-bond donors (Lipinski definition) is 0. The van der Waals surface area contributed by atoms with Crippen LogP contribution in [-0.2, 0) is 18.9 Å². The van der Waals surface area contributed by atoms with E-state index in [9.17, 15) is 0 Å². The summed E-state index contributed by atoms with van der Waals surface area (Å²) in [5, 5.41) is 0. The second-order valence-electron chi connectivity index (χ2n) is 6.32. The van der Waals surface area contributed by atoms with Crippen molar-refractivity contribution in [1.29, 1.82) is 0 Å². The van der Waals surface area contributed by atoms with E-state index in [0.717, 1.165) is 32.7 Å². The zero-order valence-corrected chi connectivity index (χ0v) is 13.6. The van der Waals surface area contributed by atoms with Gasteiger partial charge >= 0.3 is 0 Å². The van der Waals surface area contributed by atoms with Crippen LogP contribution in [0.15, 0.2) is 0 Å². The van der Waals surface area contributed by atoms with E-state index in [1.807, 2.05) is 0 Å². The van der Waals surface area contributed by atoms with Gasteiger partial charge in [0.15, 0.2) is 0 Å². The zero-order valence-electron chi connectivity index (χ0n) is 13.6. The Morgan fingerprint density at radius 2 is 1.43 bits per heavy atom. The van der Waals surface area contributed by atoms with E-state index < -0.39 is 0 Å². The molecule has 3 atom stereocenters. The summed E-state index contributed by atoms with van der Waals surface area (Å²) in [6.07, 6.45) is 12.4. The molecule has 2 rings (SSSR count).